The van der Waals surface area contributed by atoms with Crippen molar-refractivity contribution >= 4 is 17.6 Å². The fourth-order valence-electron chi connectivity index (χ4n) is 2.88. The van der Waals surface area contributed by atoms with E-state index in [0.717, 1.165) is 11.3 Å². The number of nitrogens with two attached hydrogens (primary N) is 1. The highest BCUT2D eigenvalue weighted by Crippen LogP contribution is 2.39. The second kappa shape index (κ2) is 5.85. The molecular formula is C16H22N2O3. The van der Waals surface area contributed by atoms with Crippen molar-refractivity contribution in [1.29, 1.82) is 0 Å². The minimum absolute atomic E-state index is 0.0219. The molecule has 5 heteroatoms. The summed E-state index contributed by atoms with van der Waals surface area (Å²) >= 11 is 0. The quantitative estimate of drug-likeness (QED) is 0.848. The molecule has 1 amide bonds. The van der Waals surface area contributed by atoms with Crippen LogP contribution in [0.1, 0.15) is 49.7 Å². The number of benzene rings is 1. The largest absolute Gasteiger partial charge is 0.462 e. The Kier molecular flexibility index (Phi) is 4.32. The fraction of sp³-hybridized carbons (Fsp3) is 0.500. The Balaban J connectivity index is 2.50. The Labute approximate surface area is 125 Å². The predicted molar refractivity (Wildman–Crippen MR) is 81.1 cm³/mol. The van der Waals surface area contributed by atoms with Gasteiger partial charge in [0.15, 0.2) is 0 Å². The van der Waals surface area contributed by atoms with Gasteiger partial charge in [-0.1, -0.05) is 6.92 Å². The van der Waals surface area contributed by atoms with E-state index in [1.165, 1.54) is 0 Å². The number of esters is 1. The first kappa shape index (κ1) is 15.5. The molecule has 1 aliphatic rings. The van der Waals surface area contributed by atoms with Crippen molar-refractivity contribution in [3.05, 3.63) is 29.3 Å². The summed E-state index contributed by atoms with van der Waals surface area (Å²) in [4.78, 5) is 25.5. The molecule has 0 aromatic heterocycles. The average molecular weight is 290 g/mol. The summed E-state index contributed by atoms with van der Waals surface area (Å²) in [5, 5.41) is 0. The summed E-state index contributed by atoms with van der Waals surface area (Å²) in [6, 6.07) is 5.03. The summed E-state index contributed by atoms with van der Waals surface area (Å²) in [5.74, 6) is -0.279. The molecule has 1 aliphatic heterocycles. The highest BCUT2D eigenvalue weighted by molar-refractivity contribution is 5.96. The minimum Gasteiger partial charge on any atom is -0.462 e. The van der Waals surface area contributed by atoms with Crippen LogP contribution >= 0.6 is 0 Å². The molecule has 1 aromatic rings. The van der Waals surface area contributed by atoms with Gasteiger partial charge in [-0.3, -0.25) is 4.79 Å². The van der Waals surface area contributed by atoms with Crippen molar-refractivity contribution in [2.24, 2.45) is 11.7 Å². The molecule has 5 nitrogen and oxygen atoms in total. The summed E-state index contributed by atoms with van der Waals surface area (Å²) in [6.07, 6.45) is 0. The van der Waals surface area contributed by atoms with Crippen LogP contribution in [-0.4, -0.2) is 24.5 Å². The molecule has 2 N–H and O–H groups in total. The molecule has 1 unspecified atom stereocenters. The number of ether oxygens (including phenoxy) is 1. The van der Waals surface area contributed by atoms with Crippen LogP contribution in [0.5, 0.6) is 0 Å². The fourth-order valence-corrected chi connectivity index (χ4v) is 2.88. The lowest BCUT2D eigenvalue weighted by Crippen LogP contribution is -2.48. The molecule has 21 heavy (non-hydrogen) atoms. The summed E-state index contributed by atoms with van der Waals surface area (Å²) in [5.41, 5.74) is 8.37. The Morgan fingerprint density at radius 3 is 2.57 bits per heavy atom. The van der Waals surface area contributed by atoms with Crippen LogP contribution in [0.15, 0.2) is 18.2 Å². The van der Waals surface area contributed by atoms with Crippen molar-refractivity contribution in [2.75, 3.05) is 11.5 Å². The monoisotopic (exact) mass is 290 g/mol. The molecule has 0 saturated heterocycles. The molecule has 0 saturated carbocycles. The van der Waals surface area contributed by atoms with Gasteiger partial charge in [-0.2, -0.15) is 0 Å². The lowest BCUT2D eigenvalue weighted by molar-refractivity contribution is -0.117. The molecular weight excluding hydrogens is 268 g/mol. The normalized spacial score (nSPS) is 24.4. The number of hydrogen-bond donors (Lipinski definition) is 1. The molecule has 1 heterocycles. The smallest absolute Gasteiger partial charge is 0.338 e. The van der Waals surface area contributed by atoms with Gasteiger partial charge in [-0.15, -0.1) is 0 Å². The maximum atomic E-state index is 11.9. The third-order valence-corrected chi connectivity index (χ3v) is 4.23. The maximum absolute atomic E-state index is 11.9. The third kappa shape index (κ3) is 2.65. The second-order valence-corrected chi connectivity index (χ2v) is 5.51. The summed E-state index contributed by atoms with van der Waals surface area (Å²) < 4.78 is 5.02. The van der Waals surface area contributed by atoms with Crippen molar-refractivity contribution in [1.82, 2.24) is 0 Å². The van der Waals surface area contributed by atoms with Gasteiger partial charge < -0.3 is 15.4 Å². The molecule has 2 rings (SSSR count). The van der Waals surface area contributed by atoms with Crippen molar-refractivity contribution in [3.63, 3.8) is 0 Å². The molecule has 1 aromatic carbocycles. The minimum atomic E-state index is -0.367. The van der Waals surface area contributed by atoms with E-state index in [-0.39, 0.29) is 29.9 Å². The van der Waals surface area contributed by atoms with E-state index in [1.807, 2.05) is 13.8 Å². The van der Waals surface area contributed by atoms with E-state index in [0.29, 0.717) is 12.2 Å². The standard InChI is InChI=1S/C16H22N2O3/c1-5-21-16(20)12-6-7-14-13(8-12)15(17)9(2)10(3)18(14)11(4)19/h6-10,15H,5,17H2,1-4H3/t9?,10-,15+/m0/s1. The van der Waals surface area contributed by atoms with Crippen molar-refractivity contribution in [3.8, 4) is 0 Å². The van der Waals surface area contributed by atoms with E-state index in [4.69, 9.17) is 10.5 Å². The van der Waals surface area contributed by atoms with Crippen LogP contribution in [0, 0.1) is 5.92 Å². The van der Waals surface area contributed by atoms with Crippen LogP contribution in [0.25, 0.3) is 0 Å². The lowest BCUT2D eigenvalue weighted by Gasteiger charge is -2.42. The topological polar surface area (TPSA) is 72.6 Å². The highest BCUT2D eigenvalue weighted by Gasteiger charge is 2.36. The van der Waals surface area contributed by atoms with Crippen LogP contribution in [0.4, 0.5) is 5.69 Å². The Hall–Kier alpha value is -1.88. The Morgan fingerprint density at radius 1 is 1.33 bits per heavy atom. The maximum Gasteiger partial charge on any atom is 0.338 e. The zero-order chi connectivity index (χ0) is 15.7. The number of nitrogens with zero attached hydrogens (tertiary/aromatic N) is 1. The number of carbonyl (C=O) groups is 2. The number of carbonyl (C=O) groups excluding carboxylic acids is 2. The van der Waals surface area contributed by atoms with Crippen LogP contribution < -0.4 is 10.6 Å². The molecule has 114 valence electrons. The molecule has 0 radical (unpaired) electrons. The third-order valence-electron chi connectivity index (χ3n) is 4.23. The van der Waals surface area contributed by atoms with Gasteiger partial charge in [0.1, 0.15) is 0 Å². The number of amides is 1. The lowest BCUT2D eigenvalue weighted by atomic mass is 9.83. The number of rotatable bonds is 2. The first-order chi connectivity index (χ1) is 9.88. The highest BCUT2D eigenvalue weighted by atomic mass is 16.5. The van der Waals surface area contributed by atoms with Crippen LogP contribution in [0.2, 0.25) is 0 Å². The summed E-state index contributed by atoms with van der Waals surface area (Å²) in [6.45, 7) is 7.65. The van der Waals surface area contributed by atoms with Gasteiger partial charge in [-0.25, -0.2) is 4.79 Å². The number of hydrogen-bond acceptors (Lipinski definition) is 4. The van der Waals surface area contributed by atoms with Gasteiger partial charge in [0, 0.05) is 24.7 Å². The van der Waals surface area contributed by atoms with Crippen LogP contribution in [0.3, 0.4) is 0 Å². The van der Waals surface area contributed by atoms with E-state index in [2.05, 4.69) is 0 Å². The van der Waals surface area contributed by atoms with E-state index < -0.39 is 0 Å². The first-order valence-electron chi connectivity index (χ1n) is 7.24. The number of fused-ring (bicyclic) bond motifs is 1. The average Bonchev–Trinajstić information content (AvgIpc) is 2.44. The van der Waals surface area contributed by atoms with Gasteiger partial charge in [0.05, 0.1) is 12.2 Å². The molecule has 0 aliphatic carbocycles. The molecule has 0 spiro atoms. The van der Waals surface area contributed by atoms with E-state index in [1.54, 1.807) is 36.9 Å². The Bertz CT molecular complexity index is 571. The van der Waals surface area contributed by atoms with Gasteiger partial charge in [0.25, 0.3) is 0 Å². The molecule has 3 atom stereocenters. The summed E-state index contributed by atoms with van der Waals surface area (Å²) in [7, 11) is 0. The SMILES string of the molecule is CCOC(=O)c1ccc2c(c1)[C@H](N)C(C)[C@H](C)N2C(C)=O. The van der Waals surface area contributed by atoms with Crippen molar-refractivity contribution < 1.29 is 14.3 Å². The van der Waals surface area contributed by atoms with E-state index >= 15 is 0 Å². The first-order valence-corrected chi connectivity index (χ1v) is 7.24. The molecule has 0 bridgehead atoms. The van der Waals surface area contributed by atoms with Gasteiger partial charge in [0.2, 0.25) is 5.91 Å². The second-order valence-electron chi connectivity index (χ2n) is 5.51. The van der Waals surface area contributed by atoms with Gasteiger partial charge >= 0.3 is 5.97 Å². The number of anilines is 1. The zero-order valence-corrected chi connectivity index (χ0v) is 12.9. The predicted octanol–water partition coefficient (Wildman–Crippen LogP) is 2.25. The Morgan fingerprint density at radius 2 is 2.00 bits per heavy atom. The zero-order valence-electron chi connectivity index (χ0n) is 12.9. The molecule has 0 fully saturated rings. The van der Waals surface area contributed by atoms with E-state index in [9.17, 15) is 9.59 Å². The van der Waals surface area contributed by atoms with Crippen molar-refractivity contribution in [2.45, 2.75) is 39.8 Å². The van der Waals surface area contributed by atoms with Crippen LogP contribution in [-0.2, 0) is 9.53 Å². The van der Waals surface area contributed by atoms with Gasteiger partial charge in [-0.05, 0) is 43.5 Å².